The van der Waals surface area contributed by atoms with Gasteiger partial charge >= 0.3 is 0 Å². The van der Waals surface area contributed by atoms with Crippen molar-refractivity contribution >= 4 is 5.91 Å². The standard InChI is InChI=1S/C19H23NO4/c1-13-8-6-7-9-14(13)12-20(2)19(21)15-10-11-16(22-3)18(24-5)17(15)23-4/h6-11H,12H2,1-5H3. The van der Waals surface area contributed by atoms with Crippen LogP contribution in [0.4, 0.5) is 0 Å². The Bertz CT molecular complexity index is 727. The highest BCUT2D eigenvalue weighted by Crippen LogP contribution is 2.40. The molecule has 2 aromatic carbocycles. The Morgan fingerprint density at radius 2 is 1.62 bits per heavy atom. The third kappa shape index (κ3) is 3.45. The molecular formula is C19H23NO4. The summed E-state index contributed by atoms with van der Waals surface area (Å²) >= 11 is 0. The van der Waals surface area contributed by atoms with Crippen LogP contribution >= 0.6 is 0 Å². The first-order valence-electron chi connectivity index (χ1n) is 7.62. The summed E-state index contributed by atoms with van der Waals surface area (Å²) in [6.07, 6.45) is 0. The van der Waals surface area contributed by atoms with E-state index in [-0.39, 0.29) is 5.91 Å². The third-order valence-electron chi connectivity index (χ3n) is 3.95. The van der Waals surface area contributed by atoms with Gasteiger partial charge in [0.25, 0.3) is 5.91 Å². The van der Waals surface area contributed by atoms with Crippen molar-refractivity contribution < 1.29 is 19.0 Å². The molecule has 0 aliphatic rings. The van der Waals surface area contributed by atoms with Crippen LogP contribution in [-0.4, -0.2) is 39.2 Å². The molecule has 0 spiro atoms. The zero-order chi connectivity index (χ0) is 17.7. The number of hydrogen-bond acceptors (Lipinski definition) is 4. The molecule has 5 heteroatoms. The summed E-state index contributed by atoms with van der Waals surface area (Å²) in [7, 11) is 6.34. The molecule has 0 heterocycles. The quantitative estimate of drug-likeness (QED) is 0.816. The molecule has 0 aliphatic carbocycles. The highest BCUT2D eigenvalue weighted by atomic mass is 16.5. The van der Waals surface area contributed by atoms with Gasteiger partial charge in [-0.25, -0.2) is 0 Å². The van der Waals surface area contributed by atoms with Crippen LogP contribution in [0.25, 0.3) is 0 Å². The number of amides is 1. The van der Waals surface area contributed by atoms with E-state index in [0.717, 1.165) is 11.1 Å². The molecule has 0 saturated carbocycles. The second kappa shape index (κ2) is 7.73. The second-order valence-electron chi connectivity index (χ2n) is 5.47. The summed E-state index contributed by atoms with van der Waals surface area (Å²) < 4.78 is 16.0. The molecule has 0 atom stereocenters. The lowest BCUT2D eigenvalue weighted by atomic mass is 10.1. The highest BCUT2D eigenvalue weighted by Gasteiger charge is 2.23. The lowest BCUT2D eigenvalue weighted by molar-refractivity contribution is 0.0780. The van der Waals surface area contributed by atoms with Crippen LogP contribution in [0, 0.1) is 6.92 Å². The van der Waals surface area contributed by atoms with Gasteiger partial charge in [0, 0.05) is 13.6 Å². The molecule has 128 valence electrons. The Hall–Kier alpha value is -2.69. The van der Waals surface area contributed by atoms with E-state index in [1.54, 1.807) is 31.2 Å². The number of aryl methyl sites for hydroxylation is 1. The first-order chi connectivity index (χ1) is 11.5. The number of rotatable bonds is 6. The summed E-state index contributed by atoms with van der Waals surface area (Å²) in [5.74, 6) is 1.16. The van der Waals surface area contributed by atoms with Gasteiger partial charge in [-0.05, 0) is 30.2 Å². The SMILES string of the molecule is COc1ccc(C(=O)N(C)Cc2ccccc2C)c(OC)c1OC. The number of carbonyl (C=O) groups is 1. The largest absolute Gasteiger partial charge is 0.493 e. The average molecular weight is 329 g/mol. The Kier molecular flexibility index (Phi) is 5.68. The maximum Gasteiger partial charge on any atom is 0.257 e. The molecule has 0 aromatic heterocycles. The highest BCUT2D eigenvalue weighted by molar-refractivity contribution is 5.98. The van der Waals surface area contributed by atoms with Crippen molar-refractivity contribution in [3.05, 3.63) is 53.1 Å². The molecule has 2 rings (SSSR count). The maximum absolute atomic E-state index is 12.9. The van der Waals surface area contributed by atoms with Crippen LogP contribution in [0.5, 0.6) is 17.2 Å². The van der Waals surface area contributed by atoms with Crippen molar-refractivity contribution in [1.29, 1.82) is 0 Å². The molecular weight excluding hydrogens is 306 g/mol. The summed E-state index contributed by atoms with van der Waals surface area (Å²) in [6, 6.07) is 11.4. The first kappa shape index (κ1) is 17.7. The van der Waals surface area contributed by atoms with E-state index in [1.807, 2.05) is 31.2 Å². The van der Waals surface area contributed by atoms with Gasteiger partial charge < -0.3 is 19.1 Å². The van der Waals surface area contributed by atoms with Crippen molar-refractivity contribution in [3.63, 3.8) is 0 Å². The number of methoxy groups -OCH3 is 3. The van der Waals surface area contributed by atoms with E-state index in [9.17, 15) is 4.79 Å². The van der Waals surface area contributed by atoms with Gasteiger partial charge in [-0.1, -0.05) is 24.3 Å². The molecule has 0 aliphatic heterocycles. The van der Waals surface area contributed by atoms with Crippen molar-refractivity contribution in [3.8, 4) is 17.2 Å². The van der Waals surface area contributed by atoms with Gasteiger partial charge in [0.2, 0.25) is 5.75 Å². The van der Waals surface area contributed by atoms with E-state index < -0.39 is 0 Å². The van der Waals surface area contributed by atoms with Crippen LogP contribution in [0.3, 0.4) is 0 Å². The van der Waals surface area contributed by atoms with E-state index in [2.05, 4.69) is 0 Å². The van der Waals surface area contributed by atoms with E-state index in [0.29, 0.717) is 29.4 Å². The summed E-state index contributed by atoms with van der Waals surface area (Å²) in [5.41, 5.74) is 2.69. The van der Waals surface area contributed by atoms with Crippen LogP contribution in [-0.2, 0) is 6.54 Å². The fourth-order valence-corrected chi connectivity index (χ4v) is 2.59. The zero-order valence-electron chi connectivity index (χ0n) is 14.8. The molecule has 2 aromatic rings. The van der Waals surface area contributed by atoms with Gasteiger partial charge in [-0.2, -0.15) is 0 Å². The van der Waals surface area contributed by atoms with E-state index >= 15 is 0 Å². The molecule has 5 nitrogen and oxygen atoms in total. The minimum atomic E-state index is -0.143. The number of carbonyl (C=O) groups excluding carboxylic acids is 1. The van der Waals surface area contributed by atoms with Crippen molar-refractivity contribution in [1.82, 2.24) is 4.90 Å². The Balaban J connectivity index is 2.33. The predicted octanol–water partition coefficient (Wildman–Crippen LogP) is 3.29. The Labute approximate surface area is 142 Å². The average Bonchev–Trinajstić information content (AvgIpc) is 2.61. The van der Waals surface area contributed by atoms with Crippen LogP contribution in [0.2, 0.25) is 0 Å². The Morgan fingerprint density at radius 3 is 2.21 bits per heavy atom. The summed E-state index contributed by atoms with van der Waals surface area (Å²) in [4.78, 5) is 14.5. The van der Waals surface area contributed by atoms with Crippen LogP contribution < -0.4 is 14.2 Å². The number of benzene rings is 2. The number of nitrogens with zero attached hydrogens (tertiary/aromatic N) is 1. The summed E-state index contributed by atoms with van der Waals surface area (Å²) in [6.45, 7) is 2.55. The lowest BCUT2D eigenvalue weighted by Gasteiger charge is -2.21. The monoisotopic (exact) mass is 329 g/mol. The first-order valence-corrected chi connectivity index (χ1v) is 7.62. The molecule has 0 radical (unpaired) electrons. The van der Waals surface area contributed by atoms with Gasteiger partial charge in [-0.3, -0.25) is 4.79 Å². The molecule has 0 fully saturated rings. The van der Waals surface area contributed by atoms with Crippen molar-refractivity contribution in [2.45, 2.75) is 13.5 Å². The molecule has 0 N–H and O–H groups in total. The number of hydrogen-bond donors (Lipinski definition) is 0. The smallest absolute Gasteiger partial charge is 0.257 e. The van der Waals surface area contributed by atoms with E-state index in [4.69, 9.17) is 14.2 Å². The normalized spacial score (nSPS) is 10.2. The maximum atomic E-state index is 12.9. The van der Waals surface area contributed by atoms with Gasteiger partial charge in [0.05, 0.1) is 26.9 Å². The fraction of sp³-hybridized carbons (Fsp3) is 0.316. The topological polar surface area (TPSA) is 48.0 Å². The third-order valence-corrected chi connectivity index (χ3v) is 3.95. The van der Waals surface area contributed by atoms with E-state index in [1.165, 1.54) is 14.2 Å². The molecule has 0 bridgehead atoms. The molecule has 0 unspecified atom stereocenters. The lowest BCUT2D eigenvalue weighted by Crippen LogP contribution is -2.27. The molecule has 1 amide bonds. The fourth-order valence-electron chi connectivity index (χ4n) is 2.59. The minimum absolute atomic E-state index is 0.143. The Morgan fingerprint density at radius 1 is 0.958 bits per heavy atom. The van der Waals surface area contributed by atoms with Crippen molar-refractivity contribution in [2.75, 3.05) is 28.4 Å². The van der Waals surface area contributed by atoms with Gasteiger partial charge in [0.1, 0.15) is 0 Å². The second-order valence-corrected chi connectivity index (χ2v) is 5.47. The van der Waals surface area contributed by atoms with Crippen LogP contribution in [0.1, 0.15) is 21.5 Å². The van der Waals surface area contributed by atoms with Crippen molar-refractivity contribution in [2.24, 2.45) is 0 Å². The van der Waals surface area contributed by atoms with Gasteiger partial charge in [0.15, 0.2) is 11.5 Å². The predicted molar refractivity (Wildman–Crippen MR) is 93.1 cm³/mol. The molecule has 24 heavy (non-hydrogen) atoms. The zero-order valence-corrected chi connectivity index (χ0v) is 14.8. The number of ether oxygens (including phenoxy) is 3. The van der Waals surface area contributed by atoms with Gasteiger partial charge in [-0.15, -0.1) is 0 Å². The summed E-state index contributed by atoms with van der Waals surface area (Å²) in [5, 5.41) is 0. The molecule has 0 saturated heterocycles. The minimum Gasteiger partial charge on any atom is -0.493 e. The van der Waals surface area contributed by atoms with Crippen LogP contribution in [0.15, 0.2) is 36.4 Å².